The minimum absolute atomic E-state index is 0.0482. The van der Waals surface area contributed by atoms with Gasteiger partial charge in [-0.25, -0.2) is 0 Å². The third kappa shape index (κ3) is 4.41. The molecule has 0 radical (unpaired) electrons. The smallest absolute Gasteiger partial charge is 0.240 e. The number of carbonyl (C=O) groups is 1. The van der Waals surface area contributed by atoms with Crippen molar-refractivity contribution in [2.75, 3.05) is 29.9 Å². The van der Waals surface area contributed by atoms with Crippen molar-refractivity contribution in [3.8, 4) is 6.07 Å². The second-order valence-corrected chi connectivity index (χ2v) is 6.94. The molecular weight excluding hydrogens is 300 g/mol. The average Bonchev–Trinajstić information content (AvgIpc) is 2.60. The molecule has 5 heteroatoms. The van der Waals surface area contributed by atoms with Crippen molar-refractivity contribution in [1.82, 2.24) is 5.32 Å². The highest BCUT2D eigenvalue weighted by molar-refractivity contribution is 5.83. The molecule has 1 aliphatic heterocycles. The average molecular weight is 328 g/mol. The first-order chi connectivity index (χ1) is 11.5. The molecule has 2 N–H and O–H groups in total. The van der Waals surface area contributed by atoms with Crippen molar-refractivity contribution >= 4 is 17.3 Å². The van der Waals surface area contributed by atoms with E-state index in [-0.39, 0.29) is 18.4 Å². The highest BCUT2D eigenvalue weighted by Crippen LogP contribution is 2.28. The predicted molar refractivity (Wildman–Crippen MR) is 98.0 cm³/mol. The van der Waals surface area contributed by atoms with Crippen LogP contribution in [-0.2, 0) is 4.79 Å². The van der Waals surface area contributed by atoms with Gasteiger partial charge in [-0.05, 0) is 44.2 Å². The topological polar surface area (TPSA) is 68.2 Å². The molecule has 0 spiro atoms. The van der Waals surface area contributed by atoms with Gasteiger partial charge in [-0.2, -0.15) is 5.26 Å². The maximum atomic E-state index is 12.2. The number of hydrogen-bond acceptors (Lipinski definition) is 4. The summed E-state index contributed by atoms with van der Waals surface area (Å²) in [5.74, 6) is -0.117. The fourth-order valence-electron chi connectivity index (χ4n) is 2.84. The Morgan fingerprint density at radius 2 is 1.96 bits per heavy atom. The molecule has 2 rings (SSSR count). The molecule has 0 bridgehead atoms. The van der Waals surface area contributed by atoms with Gasteiger partial charge in [0.1, 0.15) is 5.54 Å². The molecule has 0 saturated carbocycles. The van der Waals surface area contributed by atoms with Gasteiger partial charge in [-0.3, -0.25) is 4.79 Å². The van der Waals surface area contributed by atoms with Crippen LogP contribution < -0.4 is 15.5 Å². The van der Waals surface area contributed by atoms with Crippen LogP contribution in [0.1, 0.15) is 40.0 Å². The maximum Gasteiger partial charge on any atom is 0.240 e. The van der Waals surface area contributed by atoms with Gasteiger partial charge >= 0.3 is 0 Å². The summed E-state index contributed by atoms with van der Waals surface area (Å²) in [5.41, 5.74) is 1.28. The minimum Gasteiger partial charge on any atom is -0.374 e. The number of anilines is 2. The second-order valence-electron chi connectivity index (χ2n) is 6.94. The molecule has 1 atom stereocenters. The fourth-order valence-corrected chi connectivity index (χ4v) is 2.84. The van der Waals surface area contributed by atoms with E-state index in [0.717, 1.165) is 24.5 Å². The number of carbonyl (C=O) groups excluding carboxylic acids is 1. The summed E-state index contributed by atoms with van der Waals surface area (Å²) in [6, 6.07) is 10.3. The molecule has 1 fully saturated rings. The summed E-state index contributed by atoms with van der Waals surface area (Å²) in [7, 11) is 0. The molecule has 1 aromatic rings. The first kappa shape index (κ1) is 18.1. The summed E-state index contributed by atoms with van der Waals surface area (Å²) < 4.78 is 0. The molecule has 1 unspecified atom stereocenters. The molecule has 0 aliphatic carbocycles. The van der Waals surface area contributed by atoms with Gasteiger partial charge in [0.2, 0.25) is 5.91 Å². The van der Waals surface area contributed by atoms with E-state index in [1.165, 1.54) is 19.3 Å². The van der Waals surface area contributed by atoms with E-state index in [9.17, 15) is 10.1 Å². The van der Waals surface area contributed by atoms with Gasteiger partial charge in [0, 0.05) is 13.1 Å². The predicted octanol–water partition coefficient (Wildman–Crippen LogP) is 3.14. The summed E-state index contributed by atoms with van der Waals surface area (Å²) in [6.07, 6.45) is 3.71. The Labute approximate surface area is 145 Å². The molecule has 1 aliphatic rings. The van der Waals surface area contributed by atoms with E-state index >= 15 is 0 Å². The van der Waals surface area contributed by atoms with Crippen molar-refractivity contribution in [3.63, 3.8) is 0 Å². The largest absolute Gasteiger partial charge is 0.374 e. The van der Waals surface area contributed by atoms with Crippen molar-refractivity contribution in [2.45, 2.75) is 45.6 Å². The lowest BCUT2D eigenvalue weighted by Gasteiger charge is -2.31. The van der Waals surface area contributed by atoms with Crippen LogP contribution in [-0.4, -0.2) is 31.1 Å². The van der Waals surface area contributed by atoms with Crippen LogP contribution in [0.4, 0.5) is 11.4 Å². The zero-order valence-electron chi connectivity index (χ0n) is 14.9. The summed E-state index contributed by atoms with van der Waals surface area (Å²) in [4.78, 5) is 14.6. The molecule has 24 heavy (non-hydrogen) atoms. The monoisotopic (exact) mass is 328 g/mol. The van der Waals surface area contributed by atoms with Crippen molar-refractivity contribution in [3.05, 3.63) is 24.3 Å². The third-order valence-corrected chi connectivity index (χ3v) is 4.83. The fraction of sp³-hybridized carbons (Fsp3) is 0.579. The van der Waals surface area contributed by atoms with Gasteiger partial charge < -0.3 is 15.5 Å². The van der Waals surface area contributed by atoms with E-state index in [4.69, 9.17) is 0 Å². The van der Waals surface area contributed by atoms with E-state index in [2.05, 4.69) is 27.7 Å². The molecule has 1 amide bonds. The number of para-hydroxylation sites is 2. The Kier molecular flexibility index (Phi) is 6.08. The zero-order valence-corrected chi connectivity index (χ0v) is 14.9. The highest BCUT2D eigenvalue weighted by atomic mass is 16.2. The van der Waals surface area contributed by atoms with Gasteiger partial charge in [0.25, 0.3) is 0 Å². The van der Waals surface area contributed by atoms with E-state index in [1.807, 2.05) is 32.0 Å². The Morgan fingerprint density at radius 1 is 1.29 bits per heavy atom. The minimum atomic E-state index is -0.842. The molecule has 1 heterocycles. The van der Waals surface area contributed by atoms with Crippen LogP contribution in [0.2, 0.25) is 0 Å². The number of benzene rings is 1. The maximum absolute atomic E-state index is 12.2. The number of nitriles is 1. The number of piperidine rings is 1. The SMILES string of the molecule is CC(C)C(C)(C#N)NC(=O)CNc1ccccc1N1CCCCC1. The number of rotatable bonds is 6. The number of hydrogen-bond donors (Lipinski definition) is 2. The van der Waals surface area contributed by atoms with Gasteiger partial charge in [-0.15, -0.1) is 0 Å². The summed E-state index contributed by atoms with van der Waals surface area (Å²) >= 11 is 0. The van der Waals surface area contributed by atoms with Crippen LogP contribution in [0.3, 0.4) is 0 Å². The lowest BCUT2D eigenvalue weighted by atomic mass is 9.90. The Balaban J connectivity index is 1.99. The normalized spacial score (nSPS) is 17.0. The molecule has 1 saturated heterocycles. The standard InChI is InChI=1S/C19H28N4O/c1-15(2)19(3,14-20)22-18(24)13-21-16-9-5-6-10-17(16)23-11-7-4-8-12-23/h5-6,9-10,15,21H,4,7-8,11-13H2,1-3H3,(H,22,24). The first-order valence-corrected chi connectivity index (χ1v) is 8.76. The Morgan fingerprint density at radius 3 is 2.58 bits per heavy atom. The Bertz CT molecular complexity index is 602. The molecule has 130 valence electrons. The summed E-state index contributed by atoms with van der Waals surface area (Å²) in [5, 5.41) is 15.4. The molecular formula is C19H28N4O. The van der Waals surface area contributed by atoms with Crippen molar-refractivity contribution in [2.24, 2.45) is 5.92 Å². The van der Waals surface area contributed by atoms with Gasteiger partial charge in [0.05, 0.1) is 24.0 Å². The Hall–Kier alpha value is -2.22. The lowest BCUT2D eigenvalue weighted by Crippen LogP contribution is -2.50. The molecule has 0 aromatic heterocycles. The second kappa shape index (κ2) is 8.05. The van der Waals surface area contributed by atoms with Crippen LogP contribution in [0.15, 0.2) is 24.3 Å². The van der Waals surface area contributed by atoms with E-state index < -0.39 is 5.54 Å². The quantitative estimate of drug-likeness (QED) is 0.842. The van der Waals surface area contributed by atoms with Gasteiger partial charge in [0.15, 0.2) is 0 Å². The van der Waals surface area contributed by atoms with E-state index in [1.54, 1.807) is 6.92 Å². The number of nitrogens with zero attached hydrogens (tertiary/aromatic N) is 2. The van der Waals surface area contributed by atoms with Crippen LogP contribution in [0, 0.1) is 17.2 Å². The van der Waals surface area contributed by atoms with Gasteiger partial charge in [-0.1, -0.05) is 26.0 Å². The van der Waals surface area contributed by atoms with Crippen LogP contribution in [0.5, 0.6) is 0 Å². The summed E-state index contributed by atoms with van der Waals surface area (Å²) in [6.45, 7) is 7.91. The number of nitrogens with one attached hydrogen (secondary N) is 2. The van der Waals surface area contributed by atoms with Crippen molar-refractivity contribution < 1.29 is 4.79 Å². The third-order valence-electron chi connectivity index (χ3n) is 4.83. The molecule has 1 aromatic carbocycles. The van der Waals surface area contributed by atoms with Crippen LogP contribution >= 0.6 is 0 Å². The lowest BCUT2D eigenvalue weighted by molar-refractivity contribution is -0.121. The number of amides is 1. The zero-order chi connectivity index (χ0) is 17.6. The van der Waals surface area contributed by atoms with Crippen molar-refractivity contribution in [1.29, 1.82) is 5.26 Å². The first-order valence-electron chi connectivity index (χ1n) is 8.76. The molecule has 5 nitrogen and oxygen atoms in total. The van der Waals surface area contributed by atoms with Crippen LogP contribution in [0.25, 0.3) is 0 Å². The highest BCUT2D eigenvalue weighted by Gasteiger charge is 2.29. The van der Waals surface area contributed by atoms with E-state index in [0.29, 0.717) is 0 Å².